The SMILES string of the molecule is CCc1ccc(C(Br)C2CCC(C)CC2)cc1. The van der Waals surface area contributed by atoms with Gasteiger partial charge in [-0.05, 0) is 42.2 Å². The summed E-state index contributed by atoms with van der Waals surface area (Å²) in [6.45, 7) is 4.60. The Balaban J connectivity index is 2.00. The molecule has 1 fully saturated rings. The van der Waals surface area contributed by atoms with Crippen LogP contribution in [-0.2, 0) is 6.42 Å². The Kier molecular flexibility index (Phi) is 4.67. The van der Waals surface area contributed by atoms with Crippen LogP contribution in [0.1, 0.15) is 55.5 Å². The van der Waals surface area contributed by atoms with Crippen LogP contribution in [0.4, 0.5) is 0 Å². The van der Waals surface area contributed by atoms with Crippen molar-refractivity contribution in [3.05, 3.63) is 35.4 Å². The highest BCUT2D eigenvalue weighted by Crippen LogP contribution is 2.41. The first-order chi connectivity index (χ1) is 8.20. The summed E-state index contributed by atoms with van der Waals surface area (Å²) in [5.74, 6) is 1.77. The quantitative estimate of drug-likeness (QED) is 0.645. The van der Waals surface area contributed by atoms with Crippen molar-refractivity contribution in [1.29, 1.82) is 0 Å². The Morgan fingerprint density at radius 3 is 2.24 bits per heavy atom. The van der Waals surface area contributed by atoms with Crippen LogP contribution < -0.4 is 0 Å². The molecule has 0 heterocycles. The summed E-state index contributed by atoms with van der Waals surface area (Å²) in [5, 5.41) is 0. The van der Waals surface area contributed by atoms with E-state index in [0.717, 1.165) is 18.3 Å². The molecule has 0 nitrogen and oxygen atoms in total. The molecule has 0 N–H and O–H groups in total. The van der Waals surface area contributed by atoms with Gasteiger partial charge in [0.2, 0.25) is 0 Å². The molecule has 0 bridgehead atoms. The van der Waals surface area contributed by atoms with Gasteiger partial charge in [0.1, 0.15) is 0 Å². The van der Waals surface area contributed by atoms with Gasteiger partial charge in [0.25, 0.3) is 0 Å². The first kappa shape index (κ1) is 13.1. The lowest BCUT2D eigenvalue weighted by atomic mass is 9.80. The van der Waals surface area contributed by atoms with Crippen molar-refractivity contribution in [1.82, 2.24) is 0 Å². The number of rotatable bonds is 3. The fourth-order valence-electron chi connectivity index (χ4n) is 2.79. The van der Waals surface area contributed by atoms with E-state index < -0.39 is 0 Å². The van der Waals surface area contributed by atoms with Gasteiger partial charge in [-0.25, -0.2) is 0 Å². The smallest absolute Gasteiger partial charge is 0.0423 e. The van der Waals surface area contributed by atoms with E-state index in [1.165, 1.54) is 36.8 Å². The molecule has 1 aromatic rings. The highest BCUT2D eigenvalue weighted by molar-refractivity contribution is 9.09. The second-order valence-electron chi connectivity index (χ2n) is 5.52. The topological polar surface area (TPSA) is 0 Å². The number of alkyl halides is 1. The van der Waals surface area contributed by atoms with Gasteiger partial charge >= 0.3 is 0 Å². The van der Waals surface area contributed by atoms with Crippen LogP contribution in [0, 0.1) is 11.8 Å². The molecule has 0 spiro atoms. The fraction of sp³-hybridized carbons (Fsp3) is 0.625. The van der Waals surface area contributed by atoms with Crippen LogP contribution >= 0.6 is 15.9 Å². The Bertz CT molecular complexity index is 333. The third-order valence-corrected chi connectivity index (χ3v) is 5.46. The summed E-state index contributed by atoms with van der Waals surface area (Å²) in [6, 6.07) is 9.15. The monoisotopic (exact) mass is 294 g/mol. The first-order valence-corrected chi connectivity index (χ1v) is 7.85. The summed E-state index contributed by atoms with van der Waals surface area (Å²) in [5.41, 5.74) is 2.90. The first-order valence-electron chi connectivity index (χ1n) is 6.93. The molecule has 2 rings (SSSR count). The summed E-state index contributed by atoms with van der Waals surface area (Å²) >= 11 is 3.91. The second kappa shape index (κ2) is 6.04. The molecule has 1 aliphatic carbocycles. The van der Waals surface area contributed by atoms with Crippen molar-refractivity contribution in [2.45, 2.75) is 50.8 Å². The molecular weight excluding hydrogens is 272 g/mol. The molecule has 1 saturated carbocycles. The van der Waals surface area contributed by atoms with Gasteiger partial charge in [0.05, 0.1) is 0 Å². The molecule has 1 heteroatoms. The number of benzene rings is 1. The van der Waals surface area contributed by atoms with E-state index in [2.05, 4.69) is 54.0 Å². The van der Waals surface area contributed by atoms with Crippen LogP contribution in [0.5, 0.6) is 0 Å². The lowest BCUT2D eigenvalue weighted by Crippen LogP contribution is -2.16. The van der Waals surface area contributed by atoms with E-state index in [9.17, 15) is 0 Å². The maximum Gasteiger partial charge on any atom is 0.0423 e. The van der Waals surface area contributed by atoms with Gasteiger partial charge in [-0.2, -0.15) is 0 Å². The zero-order valence-electron chi connectivity index (χ0n) is 11.0. The Hall–Kier alpha value is -0.300. The third kappa shape index (κ3) is 3.34. The maximum absolute atomic E-state index is 3.91. The van der Waals surface area contributed by atoms with Gasteiger partial charge in [-0.3, -0.25) is 0 Å². The molecule has 0 aromatic heterocycles. The van der Waals surface area contributed by atoms with Crippen LogP contribution in [0.3, 0.4) is 0 Å². The third-order valence-electron chi connectivity index (χ3n) is 4.18. The molecule has 0 aliphatic heterocycles. The normalized spacial score (nSPS) is 26.8. The minimum atomic E-state index is 0.556. The van der Waals surface area contributed by atoms with E-state index in [4.69, 9.17) is 0 Å². The van der Waals surface area contributed by atoms with Gasteiger partial charge < -0.3 is 0 Å². The lowest BCUT2D eigenvalue weighted by molar-refractivity contribution is 0.287. The van der Waals surface area contributed by atoms with Crippen LogP contribution in [0.25, 0.3) is 0 Å². The van der Waals surface area contributed by atoms with Gasteiger partial charge in [0, 0.05) is 4.83 Å². The maximum atomic E-state index is 3.91. The molecule has 0 saturated heterocycles. The molecule has 1 aliphatic rings. The fourth-order valence-corrected chi connectivity index (χ4v) is 3.62. The Labute approximate surface area is 114 Å². The van der Waals surface area contributed by atoms with Crippen LogP contribution in [0.15, 0.2) is 24.3 Å². The Morgan fingerprint density at radius 2 is 1.71 bits per heavy atom. The average molecular weight is 295 g/mol. The van der Waals surface area contributed by atoms with E-state index in [1.807, 2.05) is 0 Å². The molecule has 0 radical (unpaired) electrons. The van der Waals surface area contributed by atoms with Crippen LogP contribution in [0.2, 0.25) is 0 Å². The lowest BCUT2D eigenvalue weighted by Gasteiger charge is -2.30. The van der Waals surface area contributed by atoms with Gasteiger partial charge in [-0.15, -0.1) is 0 Å². The standard InChI is InChI=1S/C16H23Br/c1-3-13-6-10-15(11-7-13)16(17)14-8-4-12(2)5-9-14/h6-7,10-12,14,16H,3-5,8-9H2,1-2H3. The zero-order valence-corrected chi connectivity index (χ0v) is 12.5. The molecule has 1 atom stereocenters. The predicted molar refractivity (Wildman–Crippen MR) is 78.6 cm³/mol. The second-order valence-corrected chi connectivity index (χ2v) is 6.50. The molecule has 0 amide bonds. The van der Waals surface area contributed by atoms with Crippen molar-refractivity contribution in [2.75, 3.05) is 0 Å². The number of aryl methyl sites for hydroxylation is 1. The summed E-state index contributed by atoms with van der Waals surface area (Å²) < 4.78 is 0. The van der Waals surface area contributed by atoms with Crippen LogP contribution in [-0.4, -0.2) is 0 Å². The van der Waals surface area contributed by atoms with Crippen molar-refractivity contribution in [3.8, 4) is 0 Å². The molecular formula is C16H23Br. The molecule has 1 aromatic carbocycles. The summed E-state index contributed by atoms with van der Waals surface area (Å²) in [4.78, 5) is 0.556. The molecule has 17 heavy (non-hydrogen) atoms. The van der Waals surface area contributed by atoms with E-state index >= 15 is 0 Å². The predicted octanol–water partition coefficient (Wildman–Crippen LogP) is 5.51. The van der Waals surface area contributed by atoms with Crippen molar-refractivity contribution >= 4 is 15.9 Å². The molecule has 94 valence electrons. The summed E-state index contributed by atoms with van der Waals surface area (Å²) in [7, 11) is 0. The highest BCUT2D eigenvalue weighted by Gasteiger charge is 2.25. The largest absolute Gasteiger partial charge is 0.0836 e. The highest BCUT2D eigenvalue weighted by atomic mass is 79.9. The number of hydrogen-bond acceptors (Lipinski definition) is 0. The minimum absolute atomic E-state index is 0.556. The molecule has 1 unspecified atom stereocenters. The Morgan fingerprint density at radius 1 is 1.12 bits per heavy atom. The number of hydrogen-bond donors (Lipinski definition) is 0. The van der Waals surface area contributed by atoms with Crippen molar-refractivity contribution in [3.63, 3.8) is 0 Å². The van der Waals surface area contributed by atoms with E-state index in [1.54, 1.807) is 0 Å². The van der Waals surface area contributed by atoms with Crippen molar-refractivity contribution < 1.29 is 0 Å². The van der Waals surface area contributed by atoms with E-state index in [0.29, 0.717) is 4.83 Å². The number of halogens is 1. The minimum Gasteiger partial charge on any atom is -0.0836 e. The van der Waals surface area contributed by atoms with E-state index in [-0.39, 0.29) is 0 Å². The van der Waals surface area contributed by atoms with Gasteiger partial charge in [-0.1, -0.05) is 66.9 Å². The van der Waals surface area contributed by atoms with Gasteiger partial charge in [0.15, 0.2) is 0 Å². The average Bonchev–Trinajstić information content (AvgIpc) is 2.39. The zero-order chi connectivity index (χ0) is 12.3. The summed E-state index contributed by atoms with van der Waals surface area (Å²) in [6.07, 6.45) is 6.70. The van der Waals surface area contributed by atoms with Crippen molar-refractivity contribution in [2.24, 2.45) is 11.8 Å².